The van der Waals surface area contributed by atoms with E-state index in [4.69, 9.17) is 0 Å². The molecule has 0 atom stereocenters. The minimum Gasteiger partial charge on any atom is -0.356 e. The molecule has 0 radical (unpaired) electrons. The first-order valence-corrected chi connectivity index (χ1v) is 8.70. The van der Waals surface area contributed by atoms with E-state index in [9.17, 15) is 0 Å². The van der Waals surface area contributed by atoms with Crippen molar-refractivity contribution in [1.29, 1.82) is 0 Å². The number of rotatable bonds is 6. The predicted octanol–water partition coefficient (Wildman–Crippen LogP) is 3.90. The van der Waals surface area contributed by atoms with E-state index in [2.05, 4.69) is 38.0 Å². The maximum absolute atomic E-state index is 4.19. The normalized spacial score (nSPS) is 10.6. The maximum atomic E-state index is 4.19. The Kier molecular flexibility index (Phi) is 4.62. The molecule has 0 aliphatic heterocycles. The lowest BCUT2D eigenvalue weighted by molar-refractivity contribution is 0.993. The van der Waals surface area contributed by atoms with E-state index >= 15 is 0 Å². The van der Waals surface area contributed by atoms with Gasteiger partial charge < -0.3 is 5.32 Å². The summed E-state index contributed by atoms with van der Waals surface area (Å²) in [6.45, 7) is 0.720. The topological polar surface area (TPSA) is 50.7 Å². The third-order valence-electron chi connectivity index (χ3n) is 2.49. The average Bonchev–Trinajstić information content (AvgIpc) is 3.16. The first-order chi connectivity index (χ1) is 9.90. The molecule has 0 saturated carbocycles. The summed E-state index contributed by atoms with van der Waals surface area (Å²) in [5, 5.41) is 14.5. The SMILES string of the molecule is c1cncc(CNc2nnc(SCc3cccs3)s2)c1. The number of aromatic nitrogens is 3. The van der Waals surface area contributed by atoms with E-state index in [1.54, 1.807) is 40.6 Å². The van der Waals surface area contributed by atoms with Crippen LogP contribution >= 0.6 is 34.4 Å². The van der Waals surface area contributed by atoms with Gasteiger partial charge in [-0.3, -0.25) is 4.98 Å². The molecule has 7 heteroatoms. The Morgan fingerprint density at radius 3 is 3.00 bits per heavy atom. The highest BCUT2D eigenvalue weighted by Crippen LogP contribution is 2.29. The summed E-state index contributed by atoms with van der Waals surface area (Å²) < 4.78 is 0.993. The molecule has 0 aliphatic rings. The Balaban J connectivity index is 1.51. The lowest BCUT2D eigenvalue weighted by Gasteiger charge is -2.00. The van der Waals surface area contributed by atoms with Crippen LogP contribution in [0, 0.1) is 0 Å². The second-order valence-corrected chi connectivity index (χ2v) is 7.19. The summed E-state index contributed by atoms with van der Waals surface area (Å²) in [7, 11) is 0. The molecule has 20 heavy (non-hydrogen) atoms. The van der Waals surface area contributed by atoms with Gasteiger partial charge >= 0.3 is 0 Å². The van der Waals surface area contributed by atoms with Gasteiger partial charge in [-0.2, -0.15) is 0 Å². The number of pyridine rings is 1. The van der Waals surface area contributed by atoms with E-state index in [1.807, 2.05) is 18.3 Å². The molecule has 0 amide bonds. The van der Waals surface area contributed by atoms with Crippen molar-refractivity contribution in [2.45, 2.75) is 16.6 Å². The molecule has 1 N–H and O–H groups in total. The number of hydrogen-bond acceptors (Lipinski definition) is 7. The average molecular weight is 320 g/mol. The Bertz CT molecular complexity index is 637. The van der Waals surface area contributed by atoms with Crippen LogP contribution < -0.4 is 5.32 Å². The number of thioether (sulfide) groups is 1. The van der Waals surface area contributed by atoms with Gasteiger partial charge in [-0.05, 0) is 23.1 Å². The second kappa shape index (κ2) is 6.83. The molecule has 0 spiro atoms. The number of nitrogens with zero attached hydrogens (tertiary/aromatic N) is 3. The van der Waals surface area contributed by atoms with Crippen molar-refractivity contribution in [3.05, 3.63) is 52.5 Å². The molecule has 0 bridgehead atoms. The maximum Gasteiger partial charge on any atom is 0.206 e. The number of nitrogens with one attached hydrogen (secondary N) is 1. The number of anilines is 1. The highest BCUT2D eigenvalue weighted by atomic mass is 32.2. The fourth-order valence-corrected chi connectivity index (χ4v) is 4.07. The highest BCUT2D eigenvalue weighted by Gasteiger charge is 2.05. The van der Waals surface area contributed by atoms with Gasteiger partial charge in [0.25, 0.3) is 0 Å². The Hall–Kier alpha value is -1.44. The minimum atomic E-state index is 0.720. The monoisotopic (exact) mass is 320 g/mol. The molecule has 0 unspecified atom stereocenters. The third-order valence-corrected chi connectivity index (χ3v) is 5.61. The molecular formula is C13H12N4S3. The highest BCUT2D eigenvalue weighted by molar-refractivity contribution is 8.00. The number of hydrogen-bond donors (Lipinski definition) is 1. The van der Waals surface area contributed by atoms with Gasteiger partial charge in [0.05, 0.1) is 0 Å². The smallest absolute Gasteiger partial charge is 0.206 e. The summed E-state index contributed by atoms with van der Waals surface area (Å²) in [5.74, 6) is 0.953. The van der Waals surface area contributed by atoms with Crippen molar-refractivity contribution in [2.75, 3.05) is 5.32 Å². The molecule has 102 valence electrons. The summed E-state index contributed by atoms with van der Waals surface area (Å²) >= 11 is 5.08. The van der Waals surface area contributed by atoms with E-state index in [-0.39, 0.29) is 0 Å². The molecule has 3 aromatic rings. The van der Waals surface area contributed by atoms with Gasteiger partial charge in [-0.1, -0.05) is 35.2 Å². The minimum absolute atomic E-state index is 0.720. The van der Waals surface area contributed by atoms with Crippen LogP contribution in [0.4, 0.5) is 5.13 Å². The van der Waals surface area contributed by atoms with Crippen LogP contribution in [0.1, 0.15) is 10.4 Å². The van der Waals surface area contributed by atoms with Crippen LogP contribution in [0.2, 0.25) is 0 Å². The molecule has 0 aromatic carbocycles. The molecule has 3 rings (SSSR count). The van der Waals surface area contributed by atoms with Crippen molar-refractivity contribution in [3.8, 4) is 0 Å². The summed E-state index contributed by atoms with van der Waals surface area (Å²) in [6, 6.07) is 8.18. The van der Waals surface area contributed by atoms with Crippen LogP contribution in [0.15, 0.2) is 46.4 Å². The largest absolute Gasteiger partial charge is 0.356 e. The first-order valence-electron chi connectivity index (χ1n) is 6.01. The van der Waals surface area contributed by atoms with Crippen molar-refractivity contribution in [2.24, 2.45) is 0 Å². The fraction of sp³-hybridized carbons (Fsp3) is 0.154. The molecule has 0 aliphatic carbocycles. The Morgan fingerprint density at radius 1 is 1.20 bits per heavy atom. The van der Waals surface area contributed by atoms with Crippen molar-refractivity contribution in [3.63, 3.8) is 0 Å². The second-order valence-electron chi connectivity index (χ2n) is 3.96. The first kappa shape index (κ1) is 13.5. The Morgan fingerprint density at radius 2 is 2.20 bits per heavy atom. The molecule has 0 saturated heterocycles. The van der Waals surface area contributed by atoms with Crippen molar-refractivity contribution in [1.82, 2.24) is 15.2 Å². The quantitative estimate of drug-likeness (QED) is 0.698. The van der Waals surface area contributed by atoms with Gasteiger partial charge in [-0.15, -0.1) is 21.5 Å². The molecule has 4 nitrogen and oxygen atoms in total. The van der Waals surface area contributed by atoms with Crippen LogP contribution in [-0.2, 0) is 12.3 Å². The van der Waals surface area contributed by atoms with Gasteiger partial charge in [0.2, 0.25) is 5.13 Å². The van der Waals surface area contributed by atoms with Crippen molar-refractivity contribution < 1.29 is 0 Å². The summed E-state index contributed by atoms with van der Waals surface area (Å²) in [5.41, 5.74) is 1.13. The summed E-state index contributed by atoms with van der Waals surface area (Å²) in [6.07, 6.45) is 3.62. The van der Waals surface area contributed by atoms with E-state index in [0.29, 0.717) is 0 Å². The zero-order chi connectivity index (χ0) is 13.6. The molecule has 0 fully saturated rings. The Labute approximate surface area is 129 Å². The predicted molar refractivity (Wildman–Crippen MR) is 85.4 cm³/mol. The van der Waals surface area contributed by atoms with Crippen LogP contribution in [0.5, 0.6) is 0 Å². The van der Waals surface area contributed by atoms with Crippen LogP contribution in [-0.4, -0.2) is 15.2 Å². The lowest BCUT2D eigenvalue weighted by Crippen LogP contribution is -1.98. The van der Waals surface area contributed by atoms with Gasteiger partial charge in [0.15, 0.2) is 4.34 Å². The zero-order valence-electron chi connectivity index (χ0n) is 10.5. The van der Waals surface area contributed by atoms with E-state index in [0.717, 1.165) is 27.3 Å². The van der Waals surface area contributed by atoms with Crippen molar-refractivity contribution >= 4 is 39.6 Å². The van der Waals surface area contributed by atoms with Gasteiger partial charge in [0, 0.05) is 29.6 Å². The number of thiophene rings is 1. The van der Waals surface area contributed by atoms with Gasteiger partial charge in [-0.25, -0.2) is 0 Å². The molecule has 3 aromatic heterocycles. The fourth-order valence-electron chi connectivity index (χ4n) is 1.55. The van der Waals surface area contributed by atoms with E-state index in [1.165, 1.54) is 4.88 Å². The lowest BCUT2D eigenvalue weighted by atomic mass is 10.3. The third kappa shape index (κ3) is 3.78. The zero-order valence-corrected chi connectivity index (χ0v) is 13.0. The van der Waals surface area contributed by atoms with Gasteiger partial charge in [0.1, 0.15) is 0 Å². The molecule has 3 heterocycles. The van der Waals surface area contributed by atoms with Crippen LogP contribution in [0.25, 0.3) is 0 Å². The van der Waals surface area contributed by atoms with Crippen LogP contribution in [0.3, 0.4) is 0 Å². The van der Waals surface area contributed by atoms with E-state index < -0.39 is 0 Å². The standard InChI is InChI=1S/C13H12N4S3/c1-3-10(7-14-5-1)8-15-12-16-17-13(20-12)19-9-11-4-2-6-18-11/h1-7H,8-9H2,(H,15,16). The molecular weight excluding hydrogens is 308 g/mol. The summed E-state index contributed by atoms with van der Waals surface area (Å²) in [4.78, 5) is 5.44.